The van der Waals surface area contributed by atoms with Gasteiger partial charge in [0.1, 0.15) is 0 Å². The third-order valence-corrected chi connectivity index (χ3v) is 2.80. The number of ketones is 1. The largest absolute Gasteiger partial charge is 0.300 e. The van der Waals surface area contributed by atoms with Crippen LogP contribution in [0, 0.1) is 0 Å². The molecule has 12 heavy (non-hydrogen) atoms. The summed E-state index contributed by atoms with van der Waals surface area (Å²) in [5, 5.41) is 3.41. The molecule has 0 saturated carbocycles. The predicted molar refractivity (Wildman–Crippen MR) is 50.2 cm³/mol. The van der Waals surface area contributed by atoms with Crippen LogP contribution >= 0.6 is 0 Å². The lowest BCUT2D eigenvalue weighted by Gasteiger charge is -2.27. The van der Waals surface area contributed by atoms with Crippen LogP contribution in [0.15, 0.2) is 0 Å². The van der Waals surface area contributed by atoms with E-state index >= 15 is 0 Å². The van der Waals surface area contributed by atoms with E-state index in [-0.39, 0.29) is 11.1 Å². The van der Waals surface area contributed by atoms with Crippen LogP contribution in [-0.4, -0.2) is 16.9 Å². The first-order valence-corrected chi connectivity index (χ1v) is 4.72. The fourth-order valence-electron chi connectivity index (χ4n) is 2.03. The van der Waals surface area contributed by atoms with Gasteiger partial charge in [-0.1, -0.05) is 6.92 Å². The predicted octanol–water partition coefficient (Wildman–Crippen LogP) is 1.89. The zero-order valence-electron chi connectivity index (χ0n) is 8.53. The maximum absolute atomic E-state index is 11.6. The topological polar surface area (TPSA) is 29.1 Å². The second kappa shape index (κ2) is 2.84. The Morgan fingerprint density at radius 2 is 1.92 bits per heavy atom. The lowest BCUT2D eigenvalue weighted by molar-refractivity contribution is -0.124. The van der Waals surface area contributed by atoms with E-state index < -0.39 is 0 Å². The summed E-state index contributed by atoms with van der Waals surface area (Å²) in [7, 11) is 0. The maximum Gasteiger partial charge on any atom is 0.152 e. The Bertz CT molecular complexity index is 198. The molecule has 0 aromatic carbocycles. The van der Waals surface area contributed by atoms with Gasteiger partial charge in [-0.25, -0.2) is 0 Å². The highest BCUT2D eigenvalue weighted by Crippen LogP contribution is 2.31. The molecule has 2 nitrogen and oxygen atoms in total. The molecule has 0 bridgehead atoms. The summed E-state index contributed by atoms with van der Waals surface area (Å²) in [6.45, 7) is 8.26. The Morgan fingerprint density at radius 1 is 1.33 bits per heavy atom. The third kappa shape index (κ3) is 1.69. The molecule has 1 aliphatic heterocycles. The molecule has 0 spiro atoms. The molecule has 70 valence electrons. The van der Waals surface area contributed by atoms with E-state index in [0.29, 0.717) is 12.2 Å². The molecule has 1 unspecified atom stereocenters. The fourth-order valence-corrected chi connectivity index (χ4v) is 2.03. The van der Waals surface area contributed by atoms with Gasteiger partial charge in [0, 0.05) is 12.0 Å². The summed E-state index contributed by atoms with van der Waals surface area (Å²) >= 11 is 0. The Hall–Kier alpha value is -0.370. The van der Waals surface area contributed by atoms with Gasteiger partial charge in [-0.3, -0.25) is 4.79 Å². The number of nitrogens with one attached hydrogen (secondary N) is 1. The van der Waals surface area contributed by atoms with Crippen LogP contribution in [0.4, 0.5) is 0 Å². The molecule has 0 aliphatic carbocycles. The molecule has 1 saturated heterocycles. The van der Waals surface area contributed by atoms with Gasteiger partial charge in [0.2, 0.25) is 0 Å². The van der Waals surface area contributed by atoms with Crippen molar-refractivity contribution in [1.82, 2.24) is 5.32 Å². The monoisotopic (exact) mass is 169 g/mol. The minimum absolute atomic E-state index is 0.138. The van der Waals surface area contributed by atoms with Crippen LogP contribution < -0.4 is 5.32 Å². The molecular weight excluding hydrogens is 150 g/mol. The van der Waals surface area contributed by atoms with Crippen LogP contribution in [0.1, 0.15) is 47.0 Å². The van der Waals surface area contributed by atoms with Crippen molar-refractivity contribution in [3.05, 3.63) is 0 Å². The van der Waals surface area contributed by atoms with E-state index in [9.17, 15) is 4.79 Å². The number of hydrogen-bond acceptors (Lipinski definition) is 2. The first kappa shape index (κ1) is 9.72. The number of hydrogen-bond donors (Lipinski definition) is 1. The summed E-state index contributed by atoms with van der Waals surface area (Å²) in [6.07, 6.45) is 2.71. The van der Waals surface area contributed by atoms with Crippen molar-refractivity contribution in [2.24, 2.45) is 0 Å². The third-order valence-electron chi connectivity index (χ3n) is 2.80. The van der Waals surface area contributed by atoms with Crippen molar-refractivity contribution < 1.29 is 4.79 Å². The summed E-state index contributed by atoms with van der Waals surface area (Å²) in [4.78, 5) is 11.6. The average Bonchev–Trinajstić information content (AvgIpc) is 2.25. The number of carbonyl (C=O) groups is 1. The van der Waals surface area contributed by atoms with Crippen molar-refractivity contribution in [1.29, 1.82) is 0 Å². The quantitative estimate of drug-likeness (QED) is 0.684. The van der Waals surface area contributed by atoms with Gasteiger partial charge in [0.15, 0.2) is 5.78 Å². The maximum atomic E-state index is 11.6. The van der Waals surface area contributed by atoms with Crippen LogP contribution in [0.2, 0.25) is 0 Å². The van der Waals surface area contributed by atoms with Crippen LogP contribution in [0.5, 0.6) is 0 Å². The highest BCUT2D eigenvalue weighted by Gasteiger charge is 2.42. The Morgan fingerprint density at radius 3 is 2.25 bits per heavy atom. The van der Waals surface area contributed by atoms with Gasteiger partial charge in [0.25, 0.3) is 0 Å². The van der Waals surface area contributed by atoms with E-state index in [1.54, 1.807) is 0 Å². The van der Waals surface area contributed by atoms with Crippen LogP contribution in [0.3, 0.4) is 0 Å². The van der Waals surface area contributed by atoms with Gasteiger partial charge in [0.05, 0.1) is 5.54 Å². The molecule has 1 aliphatic rings. The SMILES string of the molecule is CCC(=O)C1(C)CCC(C)(C)N1. The molecular formula is C10H19NO. The minimum atomic E-state index is -0.252. The summed E-state index contributed by atoms with van der Waals surface area (Å²) in [6, 6.07) is 0. The van der Waals surface area contributed by atoms with Crippen molar-refractivity contribution in [2.45, 2.75) is 58.0 Å². The lowest BCUT2D eigenvalue weighted by atomic mass is 9.93. The van der Waals surface area contributed by atoms with Gasteiger partial charge in [-0.2, -0.15) is 0 Å². The van der Waals surface area contributed by atoms with E-state index in [4.69, 9.17) is 0 Å². The van der Waals surface area contributed by atoms with Gasteiger partial charge < -0.3 is 5.32 Å². The molecule has 0 radical (unpaired) electrons. The van der Waals surface area contributed by atoms with Crippen LogP contribution in [0.25, 0.3) is 0 Å². The van der Waals surface area contributed by atoms with Crippen molar-refractivity contribution in [2.75, 3.05) is 0 Å². The molecule has 0 amide bonds. The highest BCUT2D eigenvalue weighted by molar-refractivity contribution is 5.88. The van der Waals surface area contributed by atoms with Gasteiger partial charge in [-0.15, -0.1) is 0 Å². The average molecular weight is 169 g/mol. The molecule has 0 aromatic heterocycles. The fraction of sp³-hybridized carbons (Fsp3) is 0.900. The van der Waals surface area contributed by atoms with Crippen molar-refractivity contribution in [3.8, 4) is 0 Å². The molecule has 1 rings (SSSR count). The molecule has 1 N–H and O–H groups in total. The number of Topliss-reactive ketones (excluding diaryl/α,β-unsaturated/α-hetero) is 1. The van der Waals surface area contributed by atoms with Gasteiger partial charge in [-0.05, 0) is 33.6 Å². The minimum Gasteiger partial charge on any atom is -0.300 e. The second-order valence-corrected chi connectivity index (χ2v) is 4.62. The van der Waals surface area contributed by atoms with E-state index in [2.05, 4.69) is 19.2 Å². The van der Waals surface area contributed by atoms with Gasteiger partial charge >= 0.3 is 0 Å². The lowest BCUT2D eigenvalue weighted by Crippen LogP contribution is -2.50. The molecule has 1 atom stereocenters. The van der Waals surface area contributed by atoms with E-state index in [0.717, 1.165) is 12.8 Å². The molecule has 2 heteroatoms. The van der Waals surface area contributed by atoms with Crippen LogP contribution in [-0.2, 0) is 4.79 Å². The molecule has 1 heterocycles. The Kier molecular flexibility index (Phi) is 2.30. The standard InChI is InChI=1S/C10H19NO/c1-5-8(12)10(4)7-6-9(2,3)11-10/h11H,5-7H2,1-4H3. The zero-order chi connectivity index (χ0) is 9.41. The number of rotatable bonds is 2. The Labute approximate surface area is 74.7 Å². The number of carbonyl (C=O) groups excluding carboxylic acids is 1. The first-order valence-electron chi connectivity index (χ1n) is 4.72. The summed E-state index contributed by atoms with van der Waals surface area (Å²) in [5.41, 5.74) is -0.113. The van der Waals surface area contributed by atoms with E-state index in [1.807, 2.05) is 13.8 Å². The first-order chi connectivity index (χ1) is 5.40. The summed E-state index contributed by atoms with van der Waals surface area (Å²) < 4.78 is 0. The van der Waals surface area contributed by atoms with Crippen molar-refractivity contribution in [3.63, 3.8) is 0 Å². The zero-order valence-corrected chi connectivity index (χ0v) is 8.53. The molecule has 1 fully saturated rings. The highest BCUT2D eigenvalue weighted by atomic mass is 16.1. The second-order valence-electron chi connectivity index (χ2n) is 4.62. The Balaban J connectivity index is 2.71. The van der Waals surface area contributed by atoms with Crippen molar-refractivity contribution >= 4 is 5.78 Å². The normalized spacial score (nSPS) is 33.7. The summed E-state index contributed by atoms with van der Waals surface area (Å²) in [5.74, 6) is 0.341. The smallest absolute Gasteiger partial charge is 0.152 e. The molecule has 0 aromatic rings. The van der Waals surface area contributed by atoms with E-state index in [1.165, 1.54) is 0 Å².